The Morgan fingerprint density at radius 3 is 1.38 bits per heavy atom. The van der Waals surface area contributed by atoms with Gasteiger partial charge in [0.15, 0.2) is 34.4 Å². The molecule has 24 heteroatoms. The number of aromatic nitrogens is 4. The van der Waals surface area contributed by atoms with Crippen LogP contribution in [-0.4, -0.2) is 135 Å². The minimum absolute atomic E-state index is 0.00181. The first-order valence-corrected chi connectivity index (χ1v) is 23.4. The number of hydrogen-bond donors (Lipinski definition) is 10. The molecule has 2 fully saturated rings. The highest BCUT2D eigenvalue weighted by atomic mass is 16.5. The van der Waals surface area contributed by atoms with E-state index in [2.05, 4.69) is 20.3 Å². The molecule has 6 aliphatic rings. The van der Waals surface area contributed by atoms with Crippen molar-refractivity contribution in [3.63, 3.8) is 0 Å². The normalized spacial score (nSPS) is 25.2. The maximum Gasteiger partial charge on any atom is 0.261 e. The molecule has 388 valence electrons. The van der Waals surface area contributed by atoms with Crippen LogP contribution in [0.5, 0.6) is 11.5 Å². The molecule has 4 aromatic rings. The summed E-state index contributed by atoms with van der Waals surface area (Å²) in [4.78, 5) is 88.0. The van der Waals surface area contributed by atoms with E-state index in [0.717, 1.165) is 0 Å². The van der Waals surface area contributed by atoms with Crippen molar-refractivity contribution in [1.29, 1.82) is 0 Å². The zero-order valence-electron chi connectivity index (χ0n) is 41.0. The van der Waals surface area contributed by atoms with Crippen LogP contribution in [0.4, 0.5) is 11.4 Å². The SMILES string of the molecule is CC(C)c1noc(-c2cc(N(C)C)c3c(c2O)C(O)=C2C(=O)[C@]4(O)C(O)=C(C(N)=O)C(=O)C[C@@H]4C[C@@H]2C3)n1.Cc1noc(-c2cc(N(C)C)c3c(c2O)C(O)=C2C(=O)[C@]4(O)C(O)=C(C(N)=O)C(=O)C[C@@H]4C[C@@H]2C3)n1. The van der Waals surface area contributed by atoms with Crippen molar-refractivity contribution in [2.45, 2.75) is 76.4 Å². The fourth-order valence-electron chi connectivity index (χ4n) is 11.4. The van der Waals surface area contributed by atoms with Crippen LogP contribution >= 0.6 is 0 Å². The van der Waals surface area contributed by atoms with Gasteiger partial charge in [0.1, 0.15) is 45.7 Å². The van der Waals surface area contributed by atoms with E-state index >= 15 is 0 Å². The van der Waals surface area contributed by atoms with Gasteiger partial charge in [-0.15, -0.1) is 0 Å². The summed E-state index contributed by atoms with van der Waals surface area (Å²) in [6, 6.07) is 3.29. The molecule has 10 rings (SSSR count). The summed E-state index contributed by atoms with van der Waals surface area (Å²) in [6.45, 7) is 5.36. The van der Waals surface area contributed by atoms with Gasteiger partial charge in [0.2, 0.25) is 11.6 Å². The van der Waals surface area contributed by atoms with E-state index in [0.29, 0.717) is 34.2 Å². The number of aryl methyl sites for hydroxylation is 1. The first-order valence-electron chi connectivity index (χ1n) is 23.4. The maximum absolute atomic E-state index is 13.7. The van der Waals surface area contributed by atoms with E-state index in [9.17, 15) is 69.6 Å². The minimum Gasteiger partial charge on any atom is -0.508 e. The number of phenols is 2. The van der Waals surface area contributed by atoms with E-state index < -0.39 is 116 Å². The summed E-state index contributed by atoms with van der Waals surface area (Å²) >= 11 is 0. The number of nitrogens with two attached hydrogens (primary N) is 2. The number of nitrogens with zero attached hydrogens (tertiary/aromatic N) is 6. The highest BCUT2D eigenvalue weighted by Crippen LogP contribution is 2.56. The Balaban J connectivity index is 0.000000182. The lowest BCUT2D eigenvalue weighted by Crippen LogP contribution is -2.58. The summed E-state index contributed by atoms with van der Waals surface area (Å²) in [5, 5.41) is 97.1. The number of amides is 2. The summed E-state index contributed by atoms with van der Waals surface area (Å²) in [5.41, 5.74) is 5.64. The van der Waals surface area contributed by atoms with Crippen molar-refractivity contribution in [3.8, 4) is 34.4 Å². The molecule has 0 saturated heterocycles. The summed E-state index contributed by atoms with van der Waals surface area (Å²) in [6.07, 6.45) is -0.248. The Bertz CT molecular complexity index is 3360. The first kappa shape index (κ1) is 50.6. The van der Waals surface area contributed by atoms with E-state index in [-0.39, 0.29) is 89.6 Å². The fourth-order valence-corrected chi connectivity index (χ4v) is 11.4. The number of aromatic hydroxyl groups is 2. The van der Waals surface area contributed by atoms with Crippen LogP contribution in [-0.2, 0) is 41.6 Å². The van der Waals surface area contributed by atoms with E-state index in [4.69, 9.17) is 20.5 Å². The quantitative estimate of drug-likeness (QED) is 0.119. The van der Waals surface area contributed by atoms with Gasteiger partial charge in [-0.25, -0.2) is 0 Å². The molecule has 0 bridgehead atoms. The second kappa shape index (κ2) is 17.4. The Labute approximate surface area is 419 Å². The molecule has 0 aliphatic heterocycles. The lowest BCUT2D eigenvalue weighted by Gasteiger charge is -2.46. The van der Waals surface area contributed by atoms with Gasteiger partial charge in [-0.05, 0) is 67.7 Å². The van der Waals surface area contributed by atoms with Gasteiger partial charge in [-0.3, -0.25) is 28.8 Å². The zero-order valence-corrected chi connectivity index (χ0v) is 41.0. The molecular weight excluding hydrogens is 969 g/mol. The van der Waals surface area contributed by atoms with Crippen LogP contribution in [0, 0.1) is 30.6 Å². The van der Waals surface area contributed by atoms with E-state index in [1.165, 1.54) is 0 Å². The number of benzene rings is 2. The Morgan fingerprint density at radius 1 is 0.649 bits per heavy atom. The molecule has 24 nitrogen and oxygen atoms in total. The standard InChI is InChI=1S/C26H28N4O8.C24H24N4O8/c1-9(2)24-28-25(38-29-24)13-8-14(30(3)4)12-6-10-5-11-7-15(31)18(23(27)36)22(35)26(11,37)21(34)16(10)20(33)17(12)19(13)32;1-8-26-23(36-27-8)12-7-13(28(2)3)11-5-9-4-10-6-14(29)17(22(25)34)21(33)24(10,35)20(32)15(9)19(31)16(11)18(12)30/h8-11,32-33,35,37H,5-7H2,1-4H3,(H2,27,36);7,9-10,30-31,33,35H,4-6H2,1-3H3,(H2,25,34)/t10-,11+,26+;9-,10+,24+/m11/s1. The molecule has 2 amide bonds. The van der Waals surface area contributed by atoms with Crippen LogP contribution in [0.1, 0.15) is 79.4 Å². The van der Waals surface area contributed by atoms with Crippen LogP contribution in [0.25, 0.3) is 34.4 Å². The molecule has 12 N–H and O–H groups in total. The number of fused-ring (bicyclic) bond motifs is 6. The molecule has 2 heterocycles. The number of primary amides is 2. The van der Waals surface area contributed by atoms with Crippen molar-refractivity contribution in [1.82, 2.24) is 20.3 Å². The molecule has 74 heavy (non-hydrogen) atoms. The van der Waals surface area contributed by atoms with Gasteiger partial charge in [-0.2, -0.15) is 9.97 Å². The predicted octanol–water partition coefficient (Wildman–Crippen LogP) is 2.51. The van der Waals surface area contributed by atoms with Crippen LogP contribution < -0.4 is 21.3 Å². The third-order valence-corrected chi connectivity index (χ3v) is 15.0. The smallest absolute Gasteiger partial charge is 0.261 e. The minimum atomic E-state index is -2.62. The summed E-state index contributed by atoms with van der Waals surface area (Å²) in [5.74, 6) is -12.9. The van der Waals surface area contributed by atoms with Gasteiger partial charge >= 0.3 is 0 Å². The third kappa shape index (κ3) is 7.24. The fraction of sp³-hybridized carbons (Fsp3) is 0.400. The average molecular weight is 1020 g/mol. The number of rotatable bonds is 7. The zero-order chi connectivity index (χ0) is 54.1. The first-order chi connectivity index (χ1) is 34.7. The molecule has 2 saturated carbocycles. The Hall–Kier alpha value is -8.38. The summed E-state index contributed by atoms with van der Waals surface area (Å²) < 4.78 is 10.6. The molecule has 6 atom stereocenters. The van der Waals surface area contributed by atoms with E-state index in [1.807, 2.05) is 13.8 Å². The number of carbonyl (C=O) groups excluding carboxylic acids is 6. The van der Waals surface area contributed by atoms with Gasteiger partial charge in [0, 0.05) is 81.3 Å². The van der Waals surface area contributed by atoms with Crippen molar-refractivity contribution in [2.24, 2.45) is 35.1 Å². The monoisotopic (exact) mass is 1020 g/mol. The number of ketones is 4. The number of anilines is 2. The third-order valence-electron chi connectivity index (χ3n) is 15.0. The second-order valence-corrected chi connectivity index (χ2v) is 20.2. The molecule has 0 radical (unpaired) electrons. The molecular formula is C50H52N8O16. The number of phenolic OH excluding ortho intramolecular Hbond substituents is 2. The van der Waals surface area contributed by atoms with Gasteiger partial charge in [0.25, 0.3) is 23.6 Å². The lowest BCUT2D eigenvalue weighted by atomic mass is 9.59. The lowest BCUT2D eigenvalue weighted by molar-refractivity contribution is -0.148. The molecule has 0 unspecified atom stereocenters. The second-order valence-electron chi connectivity index (χ2n) is 20.2. The molecule has 2 aromatic carbocycles. The van der Waals surface area contributed by atoms with Crippen molar-refractivity contribution >= 4 is 57.8 Å². The van der Waals surface area contributed by atoms with Gasteiger partial charge in [-0.1, -0.05) is 24.2 Å². The largest absolute Gasteiger partial charge is 0.508 e. The number of aliphatic hydroxyl groups excluding tert-OH is 4. The highest BCUT2D eigenvalue weighted by Gasteiger charge is 2.62. The number of hydrogen-bond acceptors (Lipinski definition) is 22. The highest BCUT2D eigenvalue weighted by molar-refractivity contribution is 6.24. The summed E-state index contributed by atoms with van der Waals surface area (Å²) in [7, 11) is 7.09. The topological polar surface area (TPSA) is 401 Å². The Kier molecular flexibility index (Phi) is 11.9. The van der Waals surface area contributed by atoms with Gasteiger partial charge in [0.05, 0.1) is 22.3 Å². The predicted molar refractivity (Wildman–Crippen MR) is 257 cm³/mol. The van der Waals surface area contributed by atoms with Crippen molar-refractivity contribution in [2.75, 3.05) is 38.0 Å². The molecule has 2 aromatic heterocycles. The van der Waals surface area contributed by atoms with E-state index in [1.54, 1.807) is 57.0 Å². The molecule has 6 aliphatic carbocycles. The average Bonchev–Trinajstić information content (AvgIpc) is 3.99. The van der Waals surface area contributed by atoms with Crippen LogP contribution in [0.3, 0.4) is 0 Å². The van der Waals surface area contributed by atoms with Crippen molar-refractivity contribution in [3.05, 3.63) is 79.8 Å². The number of Topliss-reactive ketones (excluding diaryl/α,β-unsaturated/α-hetero) is 4. The Morgan fingerprint density at radius 2 is 1.04 bits per heavy atom. The van der Waals surface area contributed by atoms with Gasteiger partial charge < -0.3 is 71.2 Å². The van der Waals surface area contributed by atoms with Crippen LogP contribution in [0.15, 0.2) is 55.0 Å². The number of carbonyl (C=O) groups is 6. The van der Waals surface area contributed by atoms with Crippen LogP contribution in [0.2, 0.25) is 0 Å². The molecule has 0 spiro atoms. The maximum atomic E-state index is 13.7. The number of aliphatic hydroxyl groups is 6. The van der Waals surface area contributed by atoms with Crippen molar-refractivity contribution < 1.29 is 78.7 Å².